The van der Waals surface area contributed by atoms with E-state index in [4.69, 9.17) is 11.6 Å². The molecule has 1 heterocycles. The molecule has 0 aromatic heterocycles. The summed E-state index contributed by atoms with van der Waals surface area (Å²) in [4.78, 5) is 0.297. The van der Waals surface area contributed by atoms with Crippen LogP contribution >= 0.6 is 11.6 Å². The van der Waals surface area contributed by atoms with Crippen molar-refractivity contribution in [2.24, 2.45) is 0 Å². The lowest BCUT2D eigenvalue weighted by atomic mass is 9.95. The highest BCUT2D eigenvalue weighted by molar-refractivity contribution is 7.92. The molecule has 4 aromatic carbocycles. The van der Waals surface area contributed by atoms with Crippen LogP contribution < -0.4 is 4.31 Å². The molecule has 0 saturated carbocycles. The van der Waals surface area contributed by atoms with E-state index in [9.17, 15) is 8.42 Å². The van der Waals surface area contributed by atoms with Gasteiger partial charge in [-0.1, -0.05) is 96.0 Å². The monoisotopic (exact) mass is 499 g/mol. The summed E-state index contributed by atoms with van der Waals surface area (Å²) in [5.41, 5.74) is 5.97. The molecule has 1 aliphatic rings. The van der Waals surface area contributed by atoms with E-state index >= 15 is 0 Å². The van der Waals surface area contributed by atoms with Crippen LogP contribution in [0, 0.1) is 6.92 Å². The molecule has 3 nitrogen and oxygen atoms in total. The lowest BCUT2D eigenvalue weighted by Crippen LogP contribution is -2.37. The van der Waals surface area contributed by atoms with Crippen LogP contribution in [0.1, 0.15) is 28.7 Å². The van der Waals surface area contributed by atoms with Crippen molar-refractivity contribution in [3.05, 3.63) is 136 Å². The zero-order chi connectivity index (χ0) is 24.4. The number of fused-ring (bicyclic) bond motifs is 1. The van der Waals surface area contributed by atoms with Gasteiger partial charge in [-0.05, 0) is 72.4 Å². The van der Waals surface area contributed by atoms with E-state index in [-0.39, 0.29) is 6.04 Å². The molecule has 0 amide bonds. The van der Waals surface area contributed by atoms with Crippen molar-refractivity contribution in [1.82, 2.24) is 0 Å². The van der Waals surface area contributed by atoms with E-state index in [1.807, 2.05) is 67.6 Å². The van der Waals surface area contributed by atoms with Crippen LogP contribution in [0.15, 0.2) is 114 Å². The number of nitrogens with zero attached hydrogens (tertiary/aromatic N) is 1. The van der Waals surface area contributed by atoms with Crippen LogP contribution in [0.2, 0.25) is 5.02 Å². The highest BCUT2D eigenvalue weighted by atomic mass is 35.5. The van der Waals surface area contributed by atoms with Crippen molar-refractivity contribution in [2.45, 2.75) is 30.7 Å². The van der Waals surface area contributed by atoms with Gasteiger partial charge in [0.25, 0.3) is 10.0 Å². The molecule has 0 radical (unpaired) electrons. The fourth-order valence-electron chi connectivity index (χ4n) is 4.69. The minimum atomic E-state index is -3.75. The van der Waals surface area contributed by atoms with E-state index in [0.717, 1.165) is 27.8 Å². The topological polar surface area (TPSA) is 37.4 Å². The normalized spacial score (nSPS) is 15.0. The summed E-state index contributed by atoms with van der Waals surface area (Å²) in [6, 6.07) is 32.7. The predicted molar refractivity (Wildman–Crippen MR) is 144 cm³/mol. The first-order valence-corrected chi connectivity index (χ1v) is 13.5. The molecule has 1 atom stereocenters. The maximum Gasteiger partial charge on any atom is 0.264 e. The molecule has 0 aliphatic carbocycles. The first-order chi connectivity index (χ1) is 16.9. The Morgan fingerprint density at radius 2 is 1.49 bits per heavy atom. The Morgan fingerprint density at radius 1 is 0.886 bits per heavy atom. The average Bonchev–Trinajstić information content (AvgIpc) is 3.24. The quantitative estimate of drug-likeness (QED) is 0.279. The first-order valence-electron chi connectivity index (χ1n) is 11.6. The number of sulfonamides is 1. The van der Waals surface area contributed by atoms with Crippen molar-refractivity contribution >= 4 is 32.9 Å². The maximum atomic E-state index is 13.9. The molecule has 5 heteroatoms. The molecular formula is C30H26ClNO2S. The number of benzene rings is 4. The fourth-order valence-corrected chi connectivity index (χ4v) is 6.58. The van der Waals surface area contributed by atoms with Gasteiger partial charge in [-0.25, -0.2) is 8.42 Å². The molecule has 35 heavy (non-hydrogen) atoms. The highest BCUT2D eigenvalue weighted by Gasteiger charge is 2.38. The molecule has 0 unspecified atom stereocenters. The Balaban J connectivity index is 1.57. The van der Waals surface area contributed by atoms with Crippen molar-refractivity contribution in [1.29, 1.82) is 0 Å². The van der Waals surface area contributed by atoms with Gasteiger partial charge >= 0.3 is 0 Å². The van der Waals surface area contributed by atoms with Crippen LogP contribution in [-0.2, 0) is 16.4 Å². The fraction of sp³-hybridized carbons (Fsp3) is 0.133. The van der Waals surface area contributed by atoms with E-state index < -0.39 is 10.0 Å². The Bertz CT molecular complexity index is 1420. The molecule has 0 saturated heterocycles. The molecule has 0 N–H and O–H groups in total. The van der Waals surface area contributed by atoms with Gasteiger partial charge in [-0.15, -0.1) is 0 Å². The predicted octanol–water partition coefficient (Wildman–Crippen LogP) is 7.29. The van der Waals surface area contributed by atoms with Gasteiger partial charge in [0.15, 0.2) is 0 Å². The summed E-state index contributed by atoms with van der Waals surface area (Å²) in [5.74, 6) is 0. The molecule has 0 spiro atoms. The van der Waals surface area contributed by atoms with Crippen molar-refractivity contribution in [2.75, 3.05) is 4.31 Å². The van der Waals surface area contributed by atoms with Gasteiger partial charge < -0.3 is 0 Å². The lowest BCUT2D eigenvalue weighted by Gasteiger charge is -2.27. The van der Waals surface area contributed by atoms with Crippen LogP contribution in [-0.4, -0.2) is 14.5 Å². The van der Waals surface area contributed by atoms with Gasteiger partial charge in [0.1, 0.15) is 0 Å². The number of hydrogen-bond acceptors (Lipinski definition) is 2. The van der Waals surface area contributed by atoms with Crippen molar-refractivity contribution in [3.8, 4) is 0 Å². The van der Waals surface area contributed by atoms with E-state index in [0.29, 0.717) is 28.4 Å². The molecule has 1 aliphatic heterocycles. The number of anilines is 1. The summed E-state index contributed by atoms with van der Waals surface area (Å²) in [7, 11) is -3.75. The third kappa shape index (κ3) is 4.77. The molecule has 176 valence electrons. The standard InChI is InChI=1S/C30H26ClNO2S/c1-22-12-16-28(17-13-22)35(33,34)32-27(21-25-20-26(31)14-19-30(25)32)15-18-29(23-8-4-2-5-9-23)24-10-6-3-7-11-24/h2-14,16-20,27H,15,21H2,1H3/t27-/m1/s1. The first kappa shape index (κ1) is 23.4. The summed E-state index contributed by atoms with van der Waals surface area (Å²) in [6.07, 6.45) is 3.34. The van der Waals surface area contributed by atoms with Crippen LogP contribution in [0.3, 0.4) is 0 Å². The van der Waals surface area contributed by atoms with E-state index in [1.165, 1.54) is 0 Å². The minimum absolute atomic E-state index is 0.253. The average molecular weight is 500 g/mol. The summed E-state index contributed by atoms with van der Waals surface area (Å²) >= 11 is 6.28. The molecule has 4 aromatic rings. The lowest BCUT2D eigenvalue weighted by molar-refractivity contribution is 0.579. The van der Waals surface area contributed by atoms with Crippen molar-refractivity contribution < 1.29 is 8.42 Å². The molecule has 0 fully saturated rings. The Morgan fingerprint density at radius 3 is 2.09 bits per heavy atom. The minimum Gasteiger partial charge on any atom is -0.262 e. The van der Waals surface area contributed by atoms with Gasteiger partial charge in [0.2, 0.25) is 0 Å². The van der Waals surface area contributed by atoms with Crippen LogP contribution in [0.5, 0.6) is 0 Å². The largest absolute Gasteiger partial charge is 0.264 e. The summed E-state index contributed by atoms with van der Waals surface area (Å²) < 4.78 is 29.3. The second-order valence-electron chi connectivity index (χ2n) is 8.83. The Labute approximate surface area is 212 Å². The van der Waals surface area contributed by atoms with E-state index in [2.05, 4.69) is 30.3 Å². The van der Waals surface area contributed by atoms with Crippen LogP contribution in [0.4, 0.5) is 5.69 Å². The zero-order valence-corrected chi connectivity index (χ0v) is 21.0. The van der Waals surface area contributed by atoms with Crippen LogP contribution in [0.25, 0.3) is 5.57 Å². The molecule has 0 bridgehead atoms. The number of aryl methyl sites for hydroxylation is 1. The van der Waals surface area contributed by atoms with Crippen molar-refractivity contribution in [3.63, 3.8) is 0 Å². The van der Waals surface area contributed by atoms with Gasteiger partial charge in [0, 0.05) is 5.02 Å². The summed E-state index contributed by atoms with van der Waals surface area (Å²) in [6.45, 7) is 1.95. The number of halogens is 1. The smallest absolute Gasteiger partial charge is 0.262 e. The number of hydrogen-bond donors (Lipinski definition) is 0. The maximum absolute atomic E-state index is 13.9. The van der Waals surface area contributed by atoms with E-state index in [1.54, 1.807) is 22.5 Å². The Kier molecular flexibility index (Phi) is 6.50. The molecule has 5 rings (SSSR count). The summed E-state index contributed by atoms with van der Waals surface area (Å²) in [5, 5.41) is 0.613. The highest BCUT2D eigenvalue weighted by Crippen LogP contribution is 2.40. The second kappa shape index (κ2) is 9.73. The van der Waals surface area contributed by atoms with Gasteiger partial charge in [0.05, 0.1) is 16.6 Å². The SMILES string of the molecule is Cc1ccc(S(=O)(=O)N2c3ccc(Cl)cc3C[C@H]2CC=C(c2ccccc2)c2ccccc2)cc1. The third-order valence-corrected chi connectivity index (χ3v) is 8.52. The number of rotatable bonds is 6. The molecular weight excluding hydrogens is 474 g/mol. The zero-order valence-electron chi connectivity index (χ0n) is 19.4. The Hall–Kier alpha value is -3.34. The van der Waals surface area contributed by atoms with Gasteiger partial charge in [-0.2, -0.15) is 0 Å². The van der Waals surface area contributed by atoms with Gasteiger partial charge in [-0.3, -0.25) is 4.31 Å². The second-order valence-corrected chi connectivity index (χ2v) is 11.1. The third-order valence-electron chi connectivity index (χ3n) is 6.41.